The van der Waals surface area contributed by atoms with Crippen LogP contribution in [0.3, 0.4) is 0 Å². The van der Waals surface area contributed by atoms with Crippen LogP contribution in [-0.4, -0.2) is 11.7 Å². The Balaban J connectivity index is 2.10. The van der Waals surface area contributed by atoms with E-state index in [9.17, 15) is 0 Å². The first-order valence-electron chi connectivity index (χ1n) is 5.53. The normalized spacial score (nSPS) is 10.9. The minimum absolute atomic E-state index is 0.904. The van der Waals surface area contributed by atoms with Gasteiger partial charge in [-0.05, 0) is 23.6 Å². The third-order valence-electron chi connectivity index (χ3n) is 2.88. The Labute approximate surface area is 104 Å². The Kier molecular flexibility index (Phi) is 2.61. The van der Waals surface area contributed by atoms with E-state index in [2.05, 4.69) is 46.5 Å². The van der Waals surface area contributed by atoms with E-state index in [1.54, 1.807) is 18.4 Å². The molecule has 2 nitrogen and oxygen atoms in total. The van der Waals surface area contributed by atoms with Crippen LogP contribution < -0.4 is 4.74 Å². The first kappa shape index (κ1) is 10.4. The molecule has 0 amide bonds. The van der Waals surface area contributed by atoms with Crippen molar-refractivity contribution in [2.24, 2.45) is 0 Å². The van der Waals surface area contributed by atoms with E-state index < -0.39 is 0 Å². The van der Waals surface area contributed by atoms with Crippen LogP contribution in [0.1, 0.15) is 4.88 Å². The molecule has 0 bridgehead atoms. The van der Waals surface area contributed by atoms with Crippen molar-refractivity contribution >= 4 is 22.2 Å². The summed E-state index contributed by atoms with van der Waals surface area (Å²) in [7, 11) is 1.72. The largest absolute Gasteiger partial charge is 0.495 e. The minimum Gasteiger partial charge on any atom is -0.495 e. The Morgan fingerprint density at radius 3 is 2.82 bits per heavy atom. The standard InChI is InChI=1S/C14H13NOS/c1-16-14-10-15(9-11-5-4-8-17-11)13-7-3-2-6-12(13)14/h2-8,10H,9H2,1H3. The summed E-state index contributed by atoms with van der Waals surface area (Å²) in [5.74, 6) is 0.942. The summed E-state index contributed by atoms with van der Waals surface area (Å²) in [6.07, 6.45) is 2.07. The van der Waals surface area contributed by atoms with Gasteiger partial charge in [0.1, 0.15) is 5.75 Å². The summed E-state index contributed by atoms with van der Waals surface area (Å²) in [5.41, 5.74) is 1.22. The van der Waals surface area contributed by atoms with Gasteiger partial charge in [-0.15, -0.1) is 11.3 Å². The van der Waals surface area contributed by atoms with E-state index in [4.69, 9.17) is 4.74 Å². The first-order valence-corrected chi connectivity index (χ1v) is 6.40. The van der Waals surface area contributed by atoms with Gasteiger partial charge in [-0.25, -0.2) is 0 Å². The molecule has 0 aliphatic heterocycles. The third-order valence-corrected chi connectivity index (χ3v) is 3.74. The average molecular weight is 243 g/mol. The maximum Gasteiger partial charge on any atom is 0.144 e. The van der Waals surface area contributed by atoms with E-state index >= 15 is 0 Å². The number of benzene rings is 1. The molecule has 0 fully saturated rings. The van der Waals surface area contributed by atoms with Gasteiger partial charge in [-0.2, -0.15) is 0 Å². The van der Waals surface area contributed by atoms with Gasteiger partial charge in [0.2, 0.25) is 0 Å². The second kappa shape index (κ2) is 4.26. The molecule has 0 unspecified atom stereocenters. The van der Waals surface area contributed by atoms with Gasteiger partial charge in [0.15, 0.2) is 0 Å². The molecule has 3 rings (SSSR count). The van der Waals surface area contributed by atoms with Crippen LogP contribution in [0.15, 0.2) is 48.0 Å². The van der Waals surface area contributed by atoms with Gasteiger partial charge >= 0.3 is 0 Å². The van der Waals surface area contributed by atoms with Gasteiger partial charge in [0.05, 0.1) is 19.2 Å². The Hall–Kier alpha value is -1.74. The highest BCUT2D eigenvalue weighted by molar-refractivity contribution is 7.09. The number of aromatic nitrogens is 1. The van der Waals surface area contributed by atoms with Crippen molar-refractivity contribution in [2.75, 3.05) is 7.11 Å². The fourth-order valence-corrected chi connectivity index (χ4v) is 2.78. The lowest BCUT2D eigenvalue weighted by atomic mass is 10.2. The fraction of sp³-hybridized carbons (Fsp3) is 0.143. The Morgan fingerprint density at radius 1 is 1.18 bits per heavy atom. The van der Waals surface area contributed by atoms with Gasteiger partial charge in [-0.1, -0.05) is 18.2 Å². The highest BCUT2D eigenvalue weighted by Gasteiger charge is 2.08. The number of fused-ring (bicyclic) bond motifs is 1. The van der Waals surface area contributed by atoms with E-state index in [-0.39, 0.29) is 0 Å². The van der Waals surface area contributed by atoms with Crippen molar-refractivity contribution in [3.63, 3.8) is 0 Å². The molecular formula is C14H13NOS. The zero-order chi connectivity index (χ0) is 11.7. The Morgan fingerprint density at radius 2 is 2.06 bits per heavy atom. The van der Waals surface area contributed by atoms with Crippen LogP contribution in [0, 0.1) is 0 Å². The molecule has 3 heteroatoms. The molecule has 2 aromatic heterocycles. The molecule has 0 aliphatic carbocycles. The fourth-order valence-electron chi connectivity index (χ4n) is 2.08. The van der Waals surface area contributed by atoms with Crippen molar-refractivity contribution in [3.05, 3.63) is 52.9 Å². The van der Waals surface area contributed by atoms with Gasteiger partial charge < -0.3 is 9.30 Å². The van der Waals surface area contributed by atoms with Crippen LogP contribution in [0.4, 0.5) is 0 Å². The summed E-state index contributed by atoms with van der Waals surface area (Å²) in [6, 6.07) is 12.6. The highest BCUT2D eigenvalue weighted by Crippen LogP contribution is 2.28. The topological polar surface area (TPSA) is 14.2 Å². The molecule has 0 aliphatic rings. The van der Waals surface area contributed by atoms with Crippen LogP contribution >= 0.6 is 11.3 Å². The maximum atomic E-state index is 5.41. The van der Waals surface area contributed by atoms with Crippen molar-refractivity contribution < 1.29 is 4.74 Å². The summed E-state index contributed by atoms with van der Waals surface area (Å²) in [6.45, 7) is 0.904. The minimum atomic E-state index is 0.904. The lowest BCUT2D eigenvalue weighted by Gasteiger charge is -2.01. The van der Waals surface area contributed by atoms with Crippen molar-refractivity contribution in [2.45, 2.75) is 6.54 Å². The molecular weight excluding hydrogens is 230 g/mol. The summed E-state index contributed by atoms with van der Waals surface area (Å²) < 4.78 is 7.65. The first-order chi connectivity index (χ1) is 8.38. The smallest absolute Gasteiger partial charge is 0.144 e. The third kappa shape index (κ3) is 1.83. The van der Waals surface area contributed by atoms with E-state index in [1.807, 2.05) is 6.07 Å². The molecule has 1 aromatic carbocycles. The molecule has 17 heavy (non-hydrogen) atoms. The molecule has 0 spiro atoms. The number of rotatable bonds is 3. The maximum absolute atomic E-state index is 5.41. The quantitative estimate of drug-likeness (QED) is 0.683. The molecule has 0 radical (unpaired) electrons. The van der Waals surface area contributed by atoms with Gasteiger partial charge in [-0.3, -0.25) is 0 Å². The molecule has 0 saturated carbocycles. The second-order valence-electron chi connectivity index (χ2n) is 3.92. The molecule has 2 heterocycles. The summed E-state index contributed by atoms with van der Waals surface area (Å²) in [4.78, 5) is 1.36. The zero-order valence-corrected chi connectivity index (χ0v) is 10.4. The monoisotopic (exact) mass is 243 g/mol. The van der Waals surface area contributed by atoms with Crippen molar-refractivity contribution in [3.8, 4) is 5.75 Å². The number of hydrogen-bond donors (Lipinski definition) is 0. The molecule has 3 aromatic rings. The Bertz CT molecular complexity index is 625. The predicted octanol–water partition coefficient (Wildman–Crippen LogP) is 3.76. The van der Waals surface area contributed by atoms with Crippen LogP contribution in [-0.2, 0) is 6.54 Å². The van der Waals surface area contributed by atoms with Gasteiger partial charge in [0, 0.05) is 16.5 Å². The van der Waals surface area contributed by atoms with Crippen LogP contribution in [0.2, 0.25) is 0 Å². The number of para-hydroxylation sites is 1. The zero-order valence-electron chi connectivity index (χ0n) is 9.59. The van der Waals surface area contributed by atoms with E-state index in [0.29, 0.717) is 0 Å². The number of methoxy groups -OCH3 is 1. The number of thiophene rings is 1. The highest BCUT2D eigenvalue weighted by atomic mass is 32.1. The summed E-state index contributed by atoms with van der Waals surface area (Å²) in [5, 5.41) is 3.28. The van der Waals surface area contributed by atoms with E-state index in [1.165, 1.54) is 15.8 Å². The van der Waals surface area contributed by atoms with Gasteiger partial charge in [0.25, 0.3) is 0 Å². The predicted molar refractivity (Wildman–Crippen MR) is 71.9 cm³/mol. The summed E-state index contributed by atoms with van der Waals surface area (Å²) >= 11 is 1.78. The molecule has 0 atom stereocenters. The molecule has 86 valence electrons. The van der Waals surface area contributed by atoms with Crippen LogP contribution in [0.5, 0.6) is 5.75 Å². The lowest BCUT2D eigenvalue weighted by Crippen LogP contribution is -1.95. The lowest BCUT2D eigenvalue weighted by molar-refractivity contribution is 0.418. The SMILES string of the molecule is COc1cn(Cc2cccs2)c2ccccc12. The van der Waals surface area contributed by atoms with Crippen molar-refractivity contribution in [1.29, 1.82) is 0 Å². The molecule has 0 N–H and O–H groups in total. The molecule has 0 saturated heterocycles. The number of nitrogens with zero attached hydrogens (tertiary/aromatic N) is 1. The number of hydrogen-bond acceptors (Lipinski definition) is 2. The van der Waals surface area contributed by atoms with E-state index in [0.717, 1.165) is 12.3 Å². The average Bonchev–Trinajstić information content (AvgIpc) is 2.98. The second-order valence-corrected chi connectivity index (χ2v) is 4.95. The van der Waals surface area contributed by atoms with Crippen molar-refractivity contribution in [1.82, 2.24) is 4.57 Å². The van der Waals surface area contributed by atoms with Crippen LogP contribution in [0.25, 0.3) is 10.9 Å². The number of ether oxygens (including phenoxy) is 1.